The molecular weight excluding hydrogens is 334 g/mol. The zero-order chi connectivity index (χ0) is 16.8. The van der Waals surface area contributed by atoms with Gasteiger partial charge in [-0.2, -0.15) is 0 Å². The van der Waals surface area contributed by atoms with Crippen molar-refractivity contribution in [3.05, 3.63) is 23.8 Å². The maximum absolute atomic E-state index is 12.2. The average molecular weight is 358 g/mol. The van der Waals surface area contributed by atoms with Crippen LogP contribution in [-0.4, -0.2) is 44.2 Å². The number of hydrogen-bond acceptors (Lipinski definition) is 5. The fourth-order valence-electron chi connectivity index (χ4n) is 2.48. The molecule has 1 aliphatic heterocycles. The van der Waals surface area contributed by atoms with Crippen molar-refractivity contribution in [2.45, 2.75) is 32.5 Å². The van der Waals surface area contributed by atoms with Crippen molar-refractivity contribution in [2.24, 2.45) is 0 Å². The zero-order valence-electron chi connectivity index (χ0n) is 14.0. The first-order chi connectivity index (χ1) is 11.0. The van der Waals surface area contributed by atoms with Gasteiger partial charge in [-0.3, -0.25) is 9.59 Å². The molecule has 3 N–H and O–H groups in total. The van der Waals surface area contributed by atoms with Crippen LogP contribution in [0.4, 0.5) is 5.69 Å². The third-order valence-electron chi connectivity index (χ3n) is 3.64. The molecule has 8 heteroatoms. The topological polar surface area (TPSA) is 88.7 Å². The van der Waals surface area contributed by atoms with Crippen molar-refractivity contribution in [3.63, 3.8) is 0 Å². The predicted molar refractivity (Wildman–Crippen MR) is 93.6 cm³/mol. The van der Waals surface area contributed by atoms with Crippen molar-refractivity contribution in [3.8, 4) is 5.75 Å². The summed E-state index contributed by atoms with van der Waals surface area (Å²) in [6, 6.07) is 5.04. The Labute approximate surface area is 147 Å². The van der Waals surface area contributed by atoms with E-state index in [4.69, 9.17) is 9.47 Å². The monoisotopic (exact) mass is 357 g/mol. The van der Waals surface area contributed by atoms with Gasteiger partial charge >= 0.3 is 0 Å². The highest BCUT2D eigenvalue weighted by molar-refractivity contribution is 5.90. The number of morpholine rings is 1. The Morgan fingerprint density at radius 3 is 2.79 bits per heavy atom. The van der Waals surface area contributed by atoms with Crippen LogP contribution in [0.2, 0.25) is 0 Å². The Hall–Kier alpha value is -1.83. The molecule has 1 saturated heterocycles. The van der Waals surface area contributed by atoms with Gasteiger partial charge in [0.05, 0.1) is 25.5 Å². The fraction of sp³-hybridized carbons (Fsp3) is 0.500. The van der Waals surface area contributed by atoms with E-state index in [1.165, 1.54) is 14.0 Å². The second-order valence-corrected chi connectivity index (χ2v) is 5.44. The molecule has 1 heterocycles. The van der Waals surface area contributed by atoms with E-state index in [0.29, 0.717) is 31.1 Å². The zero-order valence-corrected chi connectivity index (χ0v) is 14.9. The molecule has 0 aromatic heterocycles. The Kier molecular flexibility index (Phi) is 7.97. The van der Waals surface area contributed by atoms with Crippen LogP contribution in [0.3, 0.4) is 0 Å². The van der Waals surface area contributed by atoms with Gasteiger partial charge in [0, 0.05) is 20.0 Å². The highest BCUT2D eigenvalue weighted by Crippen LogP contribution is 2.25. The first-order valence-electron chi connectivity index (χ1n) is 7.58. The molecule has 0 saturated carbocycles. The number of carbonyl (C=O) groups is 2. The Morgan fingerprint density at radius 2 is 2.17 bits per heavy atom. The number of rotatable bonds is 5. The van der Waals surface area contributed by atoms with Crippen LogP contribution in [0, 0.1) is 0 Å². The number of ether oxygens (including phenoxy) is 2. The van der Waals surface area contributed by atoms with Crippen LogP contribution in [0.1, 0.15) is 19.4 Å². The average Bonchev–Trinajstić information content (AvgIpc) is 2.52. The molecule has 0 unspecified atom stereocenters. The number of methoxy groups -OCH3 is 1. The van der Waals surface area contributed by atoms with E-state index in [1.54, 1.807) is 12.1 Å². The number of benzene rings is 1. The van der Waals surface area contributed by atoms with Gasteiger partial charge in [-0.25, -0.2) is 0 Å². The lowest BCUT2D eigenvalue weighted by molar-refractivity contribution is -0.129. The summed E-state index contributed by atoms with van der Waals surface area (Å²) in [5.41, 5.74) is 1.45. The largest absolute Gasteiger partial charge is 0.495 e. The maximum atomic E-state index is 12.2. The fourth-order valence-corrected chi connectivity index (χ4v) is 2.48. The summed E-state index contributed by atoms with van der Waals surface area (Å²) in [4.78, 5) is 23.5. The summed E-state index contributed by atoms with van der Waals surface area (Å²) in [5, 5.41) is 8.74. The molecule has 7 nitrogen and oxygen atoms in total. The Balaban J connectivity index is 0.00000288. The van der Waals surface area contributed by atoms with Crippen molar-refractivity contribution in [1.29, 1.82) is 0 Å². The van der Waals surface area contributed by atoms with E-state index in [9.17, 15) is 9.59 Å². The van der Waals surface area contributed by atoms with Crippen LogP contribution < -0.4 is 20.7 Å². The number of nitrogens with one attached hydrogen (secondary N) is 3. The van der Waals surface area contributed by atoms with Gasteiger partial charge in [-0.1, -0.05) is 6.07 Å². The predicted octanol–water partition coefficient (Wildman–Crippen LogP) is 1.07. The number of anilines is 1. The normalized spacial score (nSPS) is 19.8. The molecule has 1 aromatic rings. The van der Waals surface area contributed by atoms with Crippen LogP contribution >= 0.6 is 12.4 Å². The minimum atomic E-state index is -0.350. The second kappa shape index (κ2) is 9.46. The van der Waals surface area contributed by atoms with E-state index in [-0.39, 0.29) is 36.4 Å². The Morgan fingerprint density at radius 1 is 1.42 bits per heavy atom. The maximum Gasteiger partial charge on any atom is 0.240 e. The van der Waals surface area contributed by atoms with Gasteiger partial charge in [0.25, 0.3) is 0 Å². The highest BCUT2D eigenvalue weighted by atomic mass is 35.5. The number of carbonyl (C=O) groups excluding carboxylic acids is 2. The van der Waals surface area contributed by atoms with Gasteiger partial charge in [-0.15, -0.1) is 12.4 Å². The molecule has 134 valence electrons. The van der Waals surface area contributed by atoms with E-state index in [2.05, 4.69) is 16.0 Å². The molecule has 1 fully saturated rings. The smallest absolute Gasteiger partial charge is 0.240 e. The number of halogens is 1. The molecule has 2 rings (SSSR count). The second-order valence-electron chi connectivity index (χ2n) is 5.44. The van der Waals surface area contributed by atoms with Crippen LogP contribution in [0.5, 0.6) is 5.75 Å². The van der Waals surface area contributed by atoms with Crippen LogP contribution in [-0.2, 0) is 20.9 Å². The van der Waals surface area contributed by atoms with E-state index in [0.717, 1.165) is 5.56 Å². The van der Waals surface area contributed by atoms with Crippen LogP contribution in [0.15, 0.2) is 18.2 Å². The number of hydrogen-bond donors (Lipinski definition) is 3. The van der Waals surface area contributed by atoms with Crippen LogP contribution in [0.25, 0.3) is 0 Å². The first-order valence-corrected chi connectivity index (χ1v) is 7.58. The molecule has 1 aromatic carbocycles. The molecular formula is C16H24ClN3O4. The van der Waals surface area contributed by atoms with E-state index < -0.39 is 0 Å². The summed E-state index contributed by atoms with van der Waals surface area (Å²) in [7, 11) is 1.54. The molecule has 2 amide bonds. The van der Waals surface area contributed by atoms with Crippen molar-refractivity contribution in [2.75, 3.05) is 25.6 Å². The minimum Gasteiger partial charge on any atom is -0.495 e. The first kappa shape index (κ1) is 20.2. The highest BCUT2D eigenvalue weighted by Gasteiger charge is 2.27. The van der Waals surface area contributed by atoms with Gasteiger partial charge in [0.2, 0.25) is 11.8 Å². The number of amides is 2. The van der Waals surface area contributed by atoms with Crippen molar-refractivity contribution >= 4 is 29.9 Å². The molecule has 0 radical (unpaired) electrons. The third-order valence-corrected chi connectivity index (χ3v) is 3.64. The third kappa shape index (κ3) is 5.36. The summed E-state index contributed by atoms with van der Waals surface area (Å²) >= 11 is 0. The van der Waals surface area contributed by atoms with Gasteiger partial charge in [-0.05, 0) is 24.6 Å². The summed E-state index contributed by atoms with van der Waals surface area (Å²) < 4.78 is 10.7. The van der Waals surface area contributed by atoms with Gasteiger partial charge < -0.3 is 25.4 Å². The van der Waals surface area contributed by atoms with E-state index in [1.807, 2.05) is 13.0 Å². The molecule has 0 bridgehead atoms. The molecule has 24 heavy (non-hydrogen) atoms. The quantitative estimate of drug-likeness (QED) is 0.733. The standard InChI is InChI=1S/C16H23N3O4.ClH/c1-10-15(17-6-7-23-10)16(21)18-9-12-4-5-14(22-3)13(8-12)19-11(2)20;/h4-5,8,10,15,17H,6-7,9H2,1-3H3,(H,18,21)(H,19,20);1H/t10-,15+;/m1./s1. The lowest BCUT2D eigenvalue weighted by Crippen LogP contribution is -2.55. The summed E-state index contributed by atoms with van der Waals surface area (Å²) in [6.07, 6.45) is -0.158. The van der Waals surface area contributed by atoms with Gasteiger partial charge in [0.15, 0.2) is 0 Å². The van der Waals surface area contributed by atoms with Gasteiger partial charge in [0.1, 0.15) is 11.8 Å². The molecule has 1 aliphatic rings. The summed E-state index contributed by atoms with van der Waals surface area (Å²) in [5.74, 6) is 0.294. The molecule has 0 aliphatic carbocycles. The van der Waals surface area contributed by atoms with Crippen molar-refractivity contribution < 1.29 is 19.1 Å². The van der Waals surface area contributed by atoms with Crippen molar-refractivity contribution in [1.82, 2.24) is 10.6 Å². The lowest BCUT2D eigenvalue weighted by Gasteiger charge is -2.29. The summed E-state index contributed by atoms with van der Waals surface area (Å²) in [6.45, 7) is 4.95. The minimum absolute atomic E-state index is 0. The Bertz CT molecular complexity index is 582. The van der Waals surface area contributed by atoms with E-state index >= 15 is 0 Å². The molecule has 2 atom stereocenters. The SMILES string of the molecule is COc1ccc(CNC(=O)[C@H]2NCCO[C@@H]2C)cc1NC(C)=O.Cl. The lowest BCUT2D eigenvalue weighted by atomic mass is 10.1. The molecule has 0 spiro atoms.